The highest BCUT2D eigenvalue weighted by atomic mass is 35.5. The first-order chi connectivity index (χ1) is 20.0. The minimum Gasteiger partial charge on any atom is -0.496 e. The largest absolute Gasteiger partial charge is 0.496 e. The second-order valence-electron chi connectivity index (χ2n) is 10.5. The van der Waals surface area contributed by atoms with E-state index in [0.717, 1.165) is 72.1 Å². The van der Waals surface area contributed by atoms with Crippen molar-refractivity contribution in [2.75, 3.05) is 20.4 Å². The number of nitrogens with one attached hydrogen (secondary N) is 1. The van der Waals surface area contributed by atoms with E-state index in [4.69, 9.17) is 16.3 Å². The van der Waals surface area contributed by atoms with Gasteiger partial charge in [-0.2, -0.15) is 0 Å². The summed E-state index contributed by atoms with van der Waals surface area (Å²) in [6.45, 7) is 0.182. The molecule has 0 atom stereocenters. The number of sulfone groups is 1. The van der Waals surface area contributed by atoms with E-state index in [2.05, 4.69) is 5.32 Å². The summed E-state index contributed by atoms with van der Waals surface area (Å²) in [5.41, 5.74) is 2.36. The van der Waals surface area contributed by atoms with Crippen LogP contribution in [0.3, 0.4) is 0 Å². The fraction of sp³-hybridized carbons (Fsp3) is 0.323. The third-order valence-corrected chi connectivity index (χ3v) is 10.7. The maximum Gasteiger partial charge on any atom is 0.266 e. The van der Waals surface area contributed by atoms with Gasteiger partial charge in [0.25, 0.3) is 5.91 Å². The van der Waals surface area contributed by atoms with Crippen LogP contribution in [0.15, 0.2) is 59.5 Å². The van der Waals surface area contributed by atoms with E-state index in [1.807, 2.05) is 25.2 Å². The van der Waals surface area contributed by atoms with Gasteiger partial charge in [-0.15, -0.1) is 23.7 Å². The molecule has 0 bridgehead atoms. The Morgan fingerprint density at radius 2 is 1.65 bits per heavy atom. The fourth-order valence-electron chi connectivity index (χ4n) is 5.57. The molecule has 1 aliphatic carbocycles. The van der Waals surface area contributed by atoms with E-state index in [9.17, 15) is 22.0 Å². The summed E-state index contributed by atoms with van der Waals surface area (Å²) in [5.74, 6) is -1.12. The molecule has 12 heteroatoms. The van der Waals surface area contributed by atoms with E-state index < -0.39 is 27.4 Å². The molecule has 4 aromatic rings. The Hall–Kier alpha value is -2.76. The highest BCUT2D eigenvalue weighted by Crippen LogP contribution is 2.40. The zero-order chi connectivity index (χ0) is 30.2. The number of carbonyl (C=O) groups excluding carboxylic acids is 1. The predicted molar refractivity (Wildman–Crippen MR) is 171 cm³/mol. The highest BCUT2D eigenvalue weighted by molar-refractivity contribution is 7.90. The molecule has 0 unspecified atom stereocenters. The standard InChI is InChI=1S/C31H31ClF2N2O4S2.ClH/c1-35-21-7-9-22(10-8-21)36(31(37)30-28(32)27-24(33)13-14-25(34)29(27)41-30)17-20-16-19(6-15-26(20)40-2)18-4-11-23(12-5-18)42(3,38)39;/h4-6,11-16,21-22,35H,7-10,17H2,1-3H3;1H. The number of ether oxygens (including phenoxy) is 1. The second kappa shape index (κ2) is 13.5. The summed E-state index contributed by atoms with van der Waals surface area (Å²) < 4.78 is 58.8. The first-order valence-electron chi connectivity index (χ1n) is 13.5. The van der Waals surface area contributed by atoms with Crippen molar-refractivity contribution in [1.29, 1.82) is 0 Å². The number of hydrogen-bond donors (Lipinski definition) is 1. The molecule has 1 amide bonds. The summed E-state index contributed by atoms with van der Waals surface area (Å²) >= 11 is 7.41. The maximum absolute atomic E-state index is 14.7. The average molecular weight is 670 g/mol. The van der Waals surface area contributed by atoms with Crippen molar-refractivity contribution in [2.24, 2.45) is 0 Å². The number of nitrogens with zero attached hydrogens (tertiary/aromatic N) is 1. The van der Waals surface area contributed by atoms with Crippen molar-refractivity contribution in [3.8, 4) is 16.9 Å². The third-order valence-electron chi connectivity index (χ3n) is 7.92. The number of benzene rings is 3. The van der Waals surface area contributed by atoms with E-state index >= 15 is 0 Å². The molecule has 1 heterocycles. The van der Waals surface area contributed by atoms with Crippen LogP contribution in [0, 0.1) is 11.6 Å². The van der Waals surface area contributed by atoms with Crippen molar-refractivity contribution < 1.29 is 26.7 Å². The summed E-state index contributed by atoms with van der Waals surface area (Å²) in [4.78, 5) is 16.3. The van der Waals surface area contributed by atoms with Crippen molar-refractivity contribution >= 4 is 61.2 Å². The Balaban J connectivity index is 0.00000423. The topological polar surface area (TPSA) is 75.7 Å². The normalized spacial score (nSPS) is 17.0. The lowest BCUT2D eigenvalue weighted by atomic mass is 9.89. The van der Waals surface area contributed by atoms with Gasteiger partial charge in [0.1, 0.15) is 22.3 Å². The van der Waals surface area contributed by atoms with Gasteiger partial charge in [-0.1, -0.05) is 29.8 Å². The molecule has 43 heavy (non-hydrogen) atoms. The zero-order valence-corrected chi connectivity index (χ0v) is 27.0. The molecule has 0 spiro atoms. The van der Waals surface area contributed by atoms with Gasteiger partial charge in [-0.05, 0) is 80.3 Å². The molecule has 0 saturated heterocycles. The molecule has 3 aromatic carbocycles. The quantitative estimate of drug-likeness (QED) is 0.210. The van der Waals surface area contributed by atoms with E-state index in [-0.39, 0.29) is 49.9 Å². The van der Waals surface area contributed by atoms with Gasteiger partial charge in [-0.25, -0.2) is 17.2 Å². The molecule has 6 nitrogen and oxygen atoms in total. The predicted octanol–water partition coefficient (Wildman–Crippen LogP) is 7.51. The van der Waals surface area contributed by atoms with Gasteiger partial charge < -0.3 is 15.0 Å². The summed E-state index contributed by atoms with van der Waals surface area (Å²) in [7, 11) is 0.142. The number of thiophene rings is 1. The van der Waals surface area contributed by atoms with Crippen molar-refractivity contribution in [3.05, 3.63) is 81.7 Å². The van der Waals surface area contributed by atoms with Crippen LogP contribution in [0.2, 0.25) is 5.02 Å². The molecular weight excluding hydrogens is 637 g/mol. The maximum atomic E-state index is 14.7. The van der Waals surface area contributed by atoms with Crippen LogP contribution in [-0.4, -0.2) is 51.7 Å². The monoisotopic (exact) mass is 668 g/mol. The molecular formula is C31H32Cl2F2N2O4S2. The number of methoxy groups -OCH3 is 1. The van der Waals surface area contributed by atoms with Crippen LogP contribution < -0.4 is 10.1 Å². The van der Waals surface area contributed by atoms with Crippen molar-refractivity contribution in [3.63, 3.8) is 0 Å². The number of amides is 1. The van der Waals surface area contributed by atoms with E-state index in [1.54, 1.807) is 36.3 Å². The minimum absolute atomic E-state index is 0. The molecule has 0 aliphatic heterocycles. The molecule has 230 valence electrons. The Labute approximate surface area is 265 Å². The van der Waals surface area contributed by atoms with Crippen LogP contribution in [0.4, 0.5) is 8.78 Å². The Morgan fingerprint density at radius 1 is 1.02 bits per heavy atom. The van der Waals surface area contributed by atoms with Crippen molar-refractivity contribution in [1.82, 2.24) is 10.2 Å². The smallest absolute Gasteiger partial charge is 0.266 e. The second-order valence-corrected chi connectivity index (χ2v) is 13.9. The number of rotatable bonds is 8. The number of carbonyl (C=O) groups is 1. The number of fused-ring (bicyclic) bond motifs is 1. The zero-order valence-electron chi connectivity index (χ0n) is 23.8. The van der Waals surface area contributed by atoms with Crippen molar-refractivity contribution in [2.45, 2.75) is 49.2 Å². The molecule has 0 radical (unpaired) electrons. The Bertz CT molecular complexity index is 1740. The Morgan fingerprint density at radius 3 is 2.23 bits per heavy atom. The molecule has 1 N–H and O–H groups in total. The Kier molecular flexibility index (Phi) is 10.4. The van der Waals surface area contributed by atoms with Gasteiger partial charge >= 0.3 is 0 Å². The summed E-state index contributed by atoms with van der Waals surface area (Å²) in [5, 5.41) is 3.14. The van der Waals surface area contributed by atoms with Crippen LogP contribution in [-0.2, 0) is 16.4 Å². The van der Waals surface area contributed by atoms with Crippen LogP contribution in [0.1, 0.15) is 40.9 Å². The van der Waals surface area contributed by atoms with E-state index in [0.29, 0.717) is 11.8 Å². The fourth-order valence-corrected chi connectivity index (χ4v) is 7.70. The lowest BCUT2D eigenvalue weighted by Crippen LogP contribution is -2.44. The highest BCUT2D eigenvalue weighted by Gasteiger charge is 2.33. The SMILES string of the molecule is CNC1CCC(N(Cc2cc(-c3ccc(S(C)(=O)=O)cc3)ccc2OC)C(=O)c2sc3c(F)ccc(F)c3c2Cl)CC1.Cl. The van der Waals surface area contributed by atoms with Gasteiger partial charge in [-0.3, -0.25) is 4.79 Å². The van der Waals surface area contributed by atoms with Gasteiger partial charge in [0.05, 0.1) is 27.1 Å². The summed E-state index contributed by atoms with van der Waals surface area (Å²) in [6, 6.07) is 14.5. The number of hydrogen-bond acceptors (Lipinski definition) is 6. The lowest BCUT2D eigenvalue weighted by molar-refractivity contribution is 0.0604. The average Bonchev–Trinajstić information content (AvgIpc) is 3.35. The molecule has 5 rings (SSSR count). The first kappa shape index (κ1) is 33.1. The van der Waals surface area contributed by atoms with Crippen LogP contribution >= 0.6 is 35.3 Å². The molecule has 1 saturated carbocycles. The van der Waals surface area contributed by atoms with Crippen LogP contribution in [0.5, 0.6) is 5.75 Å². The van der Waals surface area contributed by atoms with Gasteiger partial charge in [0, 0.05) is 30.4 Å². The molecule has 1 aliphatic rings. The third kappa shape index (κ3) is 6.83. The van der Waals surface area contributed by atoms with Gasteiger partial charge in [0.15, 0.2) is 9.84 Å². The molecule has 1 fully saturated rings. The minimum atomic E-state index is -3.34. The van der Waals surface area contributed by atoms with Gasteiger partial charge in [0.2, 0.25) is 0 Å². The lowest BCUT2D eigenvalue weighted by Gasteiger charge is -2.37. The van der Waals surface area contributed by atoms with Crippen LogP contribution in [0.25, 0.3) is 21.2 Å². The first-order valence-corrected chi connectivity index (χ1v) is 16.6. The number of halogens is 4. The molecule has 1 aromatic heterocycles. The summed E-state index contributed by atoms with van der Waals surface area (Å²) in [6.07, 6.45) is 4.40. The van der Waals surface area contributed by atoms with E-state index in [1.165, 1.54) is 0 Å².